The van der Waals surface area contributed by atoms with Crippen LogP contribution in [0.1, 0.15) is 11.1 Å². The maximum Gasteiger partial charge on any atom is 0.509 e. The highest BCUT2D eigenvalue weighted by molar-refractivity contribution is 6.73. The van der Waals surface area contributed by atoms with E-state index in [1.165, 1.54) is 12.1 Å². The van der Waals surface area contributed by atoms with Crippen molar-refractivity contribution in [1.29, 1.82) is 0 Å². The van der Waals surface area contributed by atoms with E-state index in [-0.39, 0.29) is 0 Å². The second-order valence-electron chi connectivity index (χ2n) is 3.96. The summed E-state index contributed by atoms with van der Waals surface area (Å²) >= 11 is 5.81. The second-order valence-corrected chi connectivity index (χ2v) is 4.39. The van der Waals surface area contributed by atoms with Crippen LogP contribution >= 0.6 is 11.6 Å². The van der Waals surface area contributed by atoms with Gasteiger partial charge in [-0.15, -0.1) is 5.46 Å². The Balaban J connectivity index is 2.21. The Morgan fingerprint density at radius 2 is 1.47 bits per heavy atom. The van der Waals surface area contributed by atoms with Gasteiger partial charge in [0.1, 0.15) is 0 Å². The van der Waals surface area contributed by atoms with Gasteiger partial charge in [0.05, 0.1) is 0 Å². The quantitative estimate of drug-likeness (QED) is 0.550. The Labute approximate surface area is 114 Å². The molecule has 2 aromatic carbocycles. The van der Waals surface area contributed by atoms with Gasteiger partial charge in [0.2, 0.25) is 0 Å². The van der Waals surface area contributed by atoms with E-state index in [4.69, 9.17) is 11.6 Å². The molecule has 0 saturated carbocycles. The molecule has 0 aliphatic rings. The highest BCUT2D eigenvalue weighted by Gasteiger charge is 2.24. The van der Waals surface area contributed by atoms with Gasteiger partial charge in [0.25, 0.3) is 0 Å². The average molecular weight is 279 g/mol. The molecule has 19 heavy (non-hydrogen) atoms. The van der Waals surface area contributed by atoms with Crippen LogP contribution in [-0.4, -0.2) is 6.98 Å². The van der Waals surface area contributed by atoms with Gasteiger partial charge in [-0.1, -0.05) is 41.6 Å². The van der Waals surface area contributed by atoms with E-state index in [2.05, 4.69) is 11.8 Å². The Morgan fingerprint density at radius 3 is 2.05 bits per heavy atom. The maximum atomic E-state index is 12.4. The molecule has 0 atom stereocenters. The Hall–Kier alpha value is -1.86. The largest absolute Gasteiger partial charge is 0.509 e. The molecule has 0 amide bonds. The summed E-state index contributed by atoms with van der Waals surface area (Å²) in [5, 5.41) is 0.571. The number of benzene rings is 2. The third kappa shape index (κ3) is 3.80. The molecule has 0 unspecified atom stereocenters. The zero-order valence-electron chi connectivity index (χ0n) is 9.71. The lowest BCUT2D eigenvalue weighted by atomic mass is 9.80. The number of hydrogen-bond donors (Lipinski definition) is 0. The highest BCUT2D eigenvalue weighted by atomic mass is 35.5. The molecule has 5 heteroatoms. The molecule has 0 N–H and O–H groups in total. The summed E-state index contributed by atoms with van der Waals surface area (Å²) in [6, 6.07) is 11.8. The van der Waals surface area contributed by atoms with Gasteiger partial charge in [-0.3, -0.25) is 0 Å². The molecule has 0 aromatic heterocycles. The first-order valence-electron chi connectivity index (χ1n) is 5.53. The molecule has 0 spiro atoms. The van der Waals surface area contributed by atoms with Crippen LogP contribution in [-0.2, 0) is 0 Å². The molecule has 0 fully saturated rings. The van der Waals surface area contributed by atoms with Crippen LogP contribution in [0.4, 0.5) is 12.9 Å². The SMILES string of the molecule is F[B-](F)(F)c1ccc(C#Cc2cccc(Cl)c2)cc1. The predicted octanol–water partition coefficient (Wildman–Crippen LogP) is 3.79. The van der Waals surface area contributed by atoms with Crippen molar-refractivity contribution in [2.75, 3.05) is 0 Å². The zero-order chi connectivity index (χ0) is 13.9. The van der Waals surface area contributed by atoms with Gasteiger partial charge in [0, 0.05) is 16.1 Å². The van der Waals surface area contributed by atoms with Gasteiger partial charge in [-0.2, -0.15) is 0 Å². The molecule has 0 nitrogen and oxygen atoms in total. The average Bonchev–Trinajstić information content (AvgIpc) is 2.36. The summed E-state index contributed by atoms with van der Waals surface area (Å²) in [6.45, 7) is -4.95. The first-order valence-corrected chi connectivity index (χ1v) is 5.90. The Morgan fingerprint density at radius 1 is 0.842 bits per heavy atom. The second kappa shape index (κ2) is 5.42. The number of halogens is 4. The topological polar surface area (TPSA) is 0 Å². The first-order chi connectivity index (χ1) is 8.95. The van der Waals surface area contributed by atoms with E-state index in [1.807, 2.05) is 0 Å². The minimum atomic E-state index is -4.95. The van der Waals surface area contributed by atoms with Crippen LogP contribution in [0.2, 0.25) is 5.02 Å². The smallest absolute Gasteiger partial charge is 0.445 e. The van der Waals surface area contributed by atoms with Crippen molar-refractivity contribution >= 4 is 24.0 Å². The van der Waals surface area contributed by atoms with Crippen LogP contribution in [0, 0.1) is 11.8 Å². The standard InChI is InChI=1S/C14H8BClF3/c16-14-3-1-2-12(10-14)5-4-11-6-8-13(9-7-11)15(17,18)19/h1-3,6-10H/q-1. The van der Waals surface area contributed by atoms with E-state index in [0.29, 0.717) is 10.6 Å². The molecule has 0 aliphatic carbocycles. The summed E-state index contributed by atoms with van der Waals surface area (Å²) in [4.78, 5) is 0. The summed E-state index contributed by atoms with van der Waals surface area (Å²) < 4.78 is 37.3. The number of rotatable bonds is 1. The lowest BCUT2D eigenvalue weighted by Crippen LogP contribution is -2.33. The summed E-state index contributed by atoms with van der Waals surface area (Å²) in [6.07, 6.45) is 0. The van der Waals surface area contributed by atoms with Gasteiger partial charge < -0.3 is 12.9 Å². The van der Waals surface area contributed by atoms with Crippen LogP contribution < -0.4 is 5.46 Å². The minimum absolute atomic E-state index is 0.531. The molecular formula is C14H8BClF3-. The monoisotopic (exact) mass is 279 g/mol. The summed E-state index contributed by atoms with van der Waals surface area (Å²) in [5.74, 6) is 5.65. The van der Waals surface area contributed by atoms with Crippen LogP contribution in [0.3, 0.4) is 0 Å². The zero-order valence-corrected chi connectivity index (χ0v) is 10.5. The molecular weight excluding hydrogens is 271 g/mol. The van der Waals surface area contributed by atoms with Gasteiger partial charge in [-0.05, 0) is 30.3 Å². The van der Waals surface area contributed by atoms with E-state index < -0.39 is 12.4 Å². The van der Waals surface area contributed by atoms with E-state index >= 15 is 0 Å². The third-order valence-electron chi connectivity index (χ3n) is 2.46. The third-order valence-corrected chi connectivity index (χ3v) is 2.70. The fraction of sp³-hybridized carbons (Fsp3) is 0. The van der Waals surface area contributed by atoms with Crippen molar-refractivity contribution in [3.8, 4) is 11.8 Å². The molecule has 96 valence electrons. The lowest BCUT2D eigenvalue weighted by Gasteiger charge is -2.13. The minimum Gasteiger partial charge on any atom is -0.445 e. The fourth-order valence-corrected chi connectivity index (χ4v) is 1.69. The van der Waals surface area contributed by atoms with Crippen LogP contribution in [0.15, 0.2) is 48.5 Å². The number of hydrogen-bond acceptors (Lipinski definition) is 0. The highest BCUT2D eigenvalue weighted by Crippen LogP contribution is 2.11. The normalized spacial score (nSPS) is 10.7. The van der Waals surface area contributed by atoms with Crippen molar-refractivity contribution in [2.24, 2.45) is 0 Å². The molecule has 0 heterocycles. The lowest BCUT2D eigenvalue weighted by molar-refractivity contribution is 0.501. The molecule has 0 bridgehead atoms. The van der Waals surface area contributed by atoms with Crippen molar-refractivity contribution < 1.29 is 12.9 Å². The Bertz CT molecular complexity index is 636. The summed E-state index contributed by atoms with van der Waals surface area (Å²) in [5.41, 5.74) is 0.633. The van der Waals surface area contributed by atoms with E-state index in [9.17, 15) is 12.9 Å². The van der Waals surface area contributed by atoms with E-state index in [1.54, 1.807) is 24.3 Å². The van der Waals surface area contributed by atoms with Crippen LogP contribution in [0.5, 0.6) is 0 Å². The van der Waals surface area contributed by atoms with E-state index in [0.717, 1.165) is 17.7 Å². The molecule has 0 aliphatic heterocycles. The van der Waals surface area contributed by atoms with Gasteiger partial charge >= 0.3 is 6.98 Å². The van der Waals surface area contributed by atoms with Gasteiger partial charge in [0.15, 0.2) is 0 Å². The van der Waals surface area contributed by atoms with Crippen molar-refractivity contribution in [3.05, 3.63) is 64.7 Å². The van der Waals surface area contributed by atoms with Crippen molar-refractivity contribution in [1.82, 2.24) is 0 Å². The van der Waals surface area contributed by atoms with Gasteiger partial charge in [-0.25, -0.2) is 0 Å². The predicted molar refractivity (Wildman–Crippen MR) is 72.6 cm³/mol. The molecule has 0 saturated heterocycles. The molecule has 2 rings (SSSR count). The van der Waals surface area contributed by atoms with Crippen molar-refractivity contribution in [3.63, 3.8) is 0 Å². The molecule has 2 aromatic rings. The maximum absolute atomic E-state index is 12.4. The van der Waals surface area contributed by atoms with Crippen LogP contribution in [0.25, 0.3) is 0 Å². The fourth-order valence-electron chi connectivity index (χ4n) is 1.50. The van der Waals surface area contributed by atoms with Crippen molar-refractivity contribution in [2.45, 2.75) is 0 Å². The molecule has 0 radical (unpaired) electrons. The first kappa shape index (κ1) is 13.6. The summed E-state index contributed by atoms with van der Waals surface area (Å²) in [7, 11) is 0. The Kier molecular flexibility index (Phi) is 3.87.